The summed E-state index contributed by atoms with van der Waals surface area (Å²) in [6.07, 6.45) is -0.271. The van der Waals surface area contributed by atoms with Gasteiger partial charge >= 0.3 is 5.97 Å². The normalized spacial score (nSPS) is 11.8. The summed E-state index contributed by atoms with van der Waals surface area (Å²) in [4.78, 5) is 37.4. The Hall–Kier alpha value is -3.08. The molecular formula is C25H27Cl2N5O4S. The molecule has 0 radical (unpaired) electrons. The smallest absolute Gasteiger partial charge is 0.338 e. The van der Waals surface area contributed by atoms with Crippen molar-refractivity contribution >= 4 is 58.4 Å². The highest BCUT2D eigenvalue weighted by molar-refractivity contribution is 7.99. The molecule has 1 unspecified atom stereocenters. The van der Waals surface area contributed by atoms with Crippen molar-refractivity contribution < 1.29 is 19.1 Å². The van der Waals surface area contributed by atoms with E-state index in [-0.39, 0.29) is 29.2 Å². The number of halogens is 2. The maximum absolute atomic E-state index is 12.6. The Labute approximate surface area is 229 Å². The minimum atomic E-state index is -0.502. The summed E-state index contributed by atoms with van der Waals surface area (Å²) in [7, 11) is 0. The van der Waals surface area contributed by atoms with Crippen LogP contribution in [-0.4, -0.2) is 44.4 Å². The number of benzene rings is 2. The molecule has 12 heteroatoms. The second-order valence-corrected chi connectivity index (χ2v) is 10.1. The first-order chi connectivity index (χ1) is 17.6. The Morgan fingerprint density at radius 1 is 1.03 bits per heavy atom. The molecule has 0 aliphatic carbocycles. The third-order valence-electron chi connectivity index (χ3n) is 5.05. The highest BCUT2D eigenvalue weighted by Gasteiger charge is 2.21. The van der Waals surface area contributed by atoms with Crippen LogP contribution in [0.25, 0.3) is 0 Å². The molecule has 0 saturated carbocycles. The zero-order valence-electron chi connectivity index (χ0n) is 20.7. The van der Waals surface area contributed by atoms with Crippen LogP contribution in [0.2, 0.25) is 10.0 Å². The van der Waals surface area contributed by atoms with Gasteiger partial charge in [-0.1, -0.05) is 35.0 Å². The molecule has 196 valence electrons. The number of ether oxygens (including phenoxy) is 1. The maximum atomic E-state index is 12.6. The summed E-state index contributed by atoms with van der Waals surface area (Å²) in [5.41, 5.74) is 1.07. The second kappa shape index (κ2) is 12.9. The first kappa shape index (κ1) is 28.5. The largest absolute Gasteiger partial charge is 0.459 e. The van der Waals surface area contributed by atoms with Crippen molar-refractivity contribution in [3.8, 4) is 0 Å². The van der Waals surface area contributed by atoms with E-state index in [9.17, 15) is 14.4 Å². The lowest BCUT2D eigenvalue weighted by molar-refractivity contribution is -0.113. The Bertz CT molecular complexity index is 1280. The summed E-state index contributed by atoms with van der Waals surface area (Å²) >= 11 is 13.3. The average molecular weight is 564 g/mol. The summed E-state index contributed by atoms with van der Waals surface area (Å²) in [5.74, 6) is -0.512. The number of nitrogens with one attached hydrogen (secondary N) is 2. The van der Waals surface area contributed by atoms with Gasteiger partial charge in [-0.05, 0) is 70.2 Å². The second-order valence-electron chi connectivity index (χ2n) is 8.27. The molecule has 1 heterocycles. The van der Waals surface area contributed by atoms with E-state index >= 15 is 0 Å². The van der Waals surface area contributed by atoms with E-state index in [0.717, 1.165) is 0 Å². The van der Waals surface area contributed by atoms with Gasteiger partial charge in [0.1, 0.15) is 0 Å². The highest BCUT2D eigenvalue weighted by atomic mass is 35.5. The van der Waals surface area contributed by atoms with Crippen LogP contribution >= 0.6 is 35.0 Å². The summed E-state index contributed by atoms with van der Waals surface area (Å²) < 4.78 is 7.03. The van der Waals surface area contributed by atoms with Crippen molar-refractivity contribution in [1.82, 2.24) is 20.1 Å². The number of nitrogens with zero attached hydrogens (tertiary/aromatic N) is 3. The van der Waals surface area contributed by atoms with Gasteiger partial charge in [0.15, 0.2) is 11.0 Å². The van der Waals surface area contributed by atoms with Crippen molar-refractivity contribution in [3.63, 3.8) is 0 Å². The van der Waals surface area contributed by atoms with Crippen LogP contribution in [0.4, 0.5) is 5.69 Å². The van der Waals surface area contributed by atoms with E-state index in [1.54, 1.807) is 38.1 Å². The fourth-order valence-electron chi connectivity index (χ4n) is 3.32. The molecule has 37 heavy (non-hydrogen) atoms. The molecule has 0 spiro atoms. The number of rotatable bonds is 10. The number of thioether (sulfide) groups is 1. The van der Waals surface area contributed by atoms with Gasteiger partial charge in [0.2, 0.25) is 5.91 Å². The van der Waals surface area contributed by atoms with E-state index in [2.05, 4.69) is 20.8 Å². The fourth-order valence-corrected chi connectivity index (χ4v) is 4.42. The van der Waals surface area contributed by atoms with Gasteiger partial charge in [-0.25, -0.2) is 4.79 Å². The molecule has 2 amide bonds. The molecule has 1 atom stereocenters. The van der Waals surface area contributed by atoms with Crippen LogP contribution in [0.1, 0.15) is 60.3 Å². The standard InChI is InChI=1S/C25H27Cl2N5O4S/c1-5-32-22(15(4)28-23(34)16-6-9-18(26)10-7-16)30-31-25(32)37-13-21(33)29-20-12-17(8-11-19(20)27)24(35)36-14(2)3/h6-12,14-15H,5,13H2,1-4H3,(H,28,34)(H,29,33). The molecular weight excluding hydrogens is 537 g/mol. The first-order valence-corrected chi connectivity index (χ1v) is 13.3. The summed E-state index contributed by atoms with van der Waals surface area (Å²) in [6, 6.07) is 10.7. The van der Waals surface area contributed by atoms with Crippen molar-refractivity contribution in [2.45, 2.75) is 51.5 Å². The Morgan fingerprint density at radius 2 is 1.70 bits per heavy atom. The minimum Gasteiger partial charge on any atom is -0.459 e. The van der Waals surface area contributed by atoms with Crippen molar-refractivity contribution in [3.05, 3.63) is 69.5 Å². The Balaban J connectivity index is 1.63. The Morgan fingerprint density at radius 3 is 2.35 bits per heavy atom. The third kappa shape index (κ3) is 7.70. The van der Waals surface area contributed by atoms with Crippen LogP contribution in [0.5, 0.6) is 0 Å². The Kier molecular flexibility index (Phi) is 9.96. The summed E-state index contributed by atoms with van der Waals surface area (Å²) in [5, 5.41) is 15.4. The van der Waals surface area contributed by atoms with Crippen molar-refractivity contribution in [2.75, 3.05) is 11.1 Å². The number of anilines is 1. The number of amides is 2. The molecule has 3 aromatic rings. The lowest BCUT2D eigenvalue weighted by Crippen LogP contribution is -2.28. The fraction of sp³-hybridized carbons (Fsp3) is 0.320. The van der Waals surface area contributed by atoms with Crippen molar-refractivity contribution in [2.24, 2.45) is 0 Å². The van der Waals surface area contributed by atoms with Gasteiger partial charge in [-0.3, -0.25) is 9.59 Å². The number of hydrogen-bond acceptors (Lipinski definition) is 7. The van der Waals surface area contributed by atoms with Gasteiger partial charge in [-0.15, -0.1) is 10.2 Å². The van der Waals surface area contributed by atoms with Gasteiger partial charge in [0.05, 0.1) is 34.2 Å². The van der Waals surface area contributed by atoms with Gasteiger partial charge in [-0.2, -0.15) is 0 Å². The predicted molar refractivity (Wildman–Crippen MR) is 144 cm³/mol. The van der Waals surface area contributed by atoms with E-state index in [1.807, 2.05) is 18.4 Å². The molecule has 2 N–H and O–H groups in total. The van der Waals surface area contributed by atoms with Crippen LogP contribution in [0.3, 0.4) is 0 Å². The van der Waals surface area contributed by atoms with E-state index < -0.39 is 12.0 Å². The van der Waals surface area contributed by atoms with E-state index in [1.165, 1.54) is 30.0 Å². The molecule has 0 fully saturated rings. The number of carbonyl (C=O) groups excluding carboxylic acids is 3. The number of esters is 1. The zero-order valence-corrected chi connectivity index (χ0v) is 23.1. The maximum Gasteiger partial charge on any atom is 0.338 e. The molecule has 0 aliphatic heterocycles. The van der Waals surface area contributed by atoms with Crippen LogP contribution in [0, 0.1) is 0 Å². The topological polar surface area (TPSA) is 115 Å². The van der Waals surface area contributed by atoms with Crippen LogP contribution < -0.4 is 10.6 Å². The van der Waals surface area contributed by atoms with Gasteiger partial charge in [0, 0.05) is 17.1 Å². The number of carbonyl (C=O) groups is 3. The third-order valence-corrected chi connectivity index (χ3v) is 6.60. The molecule has 0 saturated heterocycles. The van der Waals surface area contributed by atoms with Crippen molar-refractivity contribution in [1.29, 1.82) is 0 Å². The molecule has 1 aromatic heterocycles. The van der Waals surface area contributed by atoms with Gasteiger partial charge < -0.3 is 19.9 Å². The quantitative estimate of drug-likeness (QED) is 0.251. The molecule has 9 nitrogen and oxygen atoms in total. The van der Waals surface area contributed by atoms with Gasteiger partial charge in [0.25, 0.3) is 5.91 Å². The average Bonchev–Trinajstić information content (AvgIpc) is 3.27. The van der Waals surface area contributed by atoms with Crippen LogP contribution in [0.15, 0.2) is 47.6 Å². The zero-order chi connectivity index (χ0) is 27.1. The lowest BCUT2D eigenvalue weighted by Gasteiger charge is -2.15. The molecule has 3 rings (SSSR count). The monoisotopic (exact) mass is 563 g/mol. The van der Waals surface area contributed by atoms with Crippen LogP contribution in [-0.2, 0) is 16.1 Å². The minimum absolute atomic E-state index is 0.0284. The number of hydrogen-bond donors (Lipinski definition) is 2. The molecule has 0 aliphatic rings. The van der Waals surface area contributed by atoms with E-state index in [0.29, 0.717) is 38.8 Å². The number of aromatic nitrogens is 3. The lowest BCUT2D eigenvalue weighted by atomic mass is 10.2. The SMILES string of the molecule is CCn1c(SCC(=O)Nc2cc(C(=O)OC(C)C)ccc2Cl)nnc1C(C)NC(=O)c1ccc(Cl)cc1. The predicted octanol–water partition coefficient (Wildman–Crippen LogP) is 5.39. The first-order valence-electron chi connectivity index (χ1n) is 11.5. The molecule has 0 bridgehead atoms. The molecule has 2 aromatic carbocycles. The summed E-state index contributed by atoms with van der Waals surface area (Å²) in [6.45, 7) is 7.78. The highest BCUT2D eigenvalue weighted by Crippen LogP contribution is 2.25. The van der Waals surface area contributed by atoms with E-state index in [4.69, 9.17) is 27.9 Å².